The fourth-order valence-electron chi connectivity index (χ4n) is 2.99. The second-order valence-electron chi connectivity index (χ2n) is 5.37. The van der Waals surface area contributed by atoms with Gasteiger partial charge in [0.25, 0.3) is 0 Å². The number of hydrogen-bond acceptors (Lipinski definition) is 4. The summed E-state index contributed by atoms with van der Waals surface area (Å²) in [5, 5.41) is 0. The highest BCUT2D eigenvalue weighted by molar-refractivity contribution is 5.60. The van der Waals surface area contributed by atoms with Crippen molar-refractivity contribution in [3.63, 3.8) is 0 Å². The van der Waals surface area contributed by atoms with Crippen LogP contribution in [0.5, 0.6) is 5.75 Å². The van der Waals surface area contributed by atoms with Gasteiger partial charge in [-0.15, -0.1) is 0 Å². The standard InChI is InChI=1S/C17H21N3O/c1-14-13-19(16-5-3-4-6-17(16)21-2)11-12-20(14)15-7-9-18-10-8-15/h3-10,14H,11-13H2,1-2H3/t14-/m1/s1. The van der Waals surface area contributed by atoms with Crippen LogP contribution in [0.2, 0.25) is 0 Å². The van der Waals surface area contributed by atoms with Crippen molar-refractivity contribution < 1.29 is 4.74 Å². The van der Waals surface area contributed by atoms with Crippen molar-refractivity contribution in [3.8, 4) is 5.75 Å². The van der Waals surface area contributed by atoms with Gasteiger partial charge in [-0.25, -0.2) is 0 Å². The molecular weight excluding hydrogens is 262 g/mol. The third-order valence-electron chi connectivity index (χ3n) is 4.05. The van der Waals surface area contributed by atoms with Gasteiger partial charge in [0.1, 0.15) is 5.75 Å². The number of ether oxygens (including phenoxy) is 1. The normalized spacial score (nSPS) is 18.7. The molecule has 21 heavy (non-hydrogen) atoms. The van der Waals surface area contributed by atoms with E-state index < -0.39 is 0 Å². The number of aromatic nitrogens is 1. The SMILES string of the molecule is COc1ccccc1N1CCN(c2ccncc2)[C@H](C)C1. The van der Waals surface area contributed by atoms with Crippen molar-refractivity contribution in [3.05, 3.63) is 48.8 Å². The zero-order valence-electron chi connectivity index (χ0n) is 12.6. The Labute approximate surface area is 126 Å². The van der Waals surface area contributed by atoms with Gasteiger partial charge in [0, 0.05) is 43.8 Å². The van der Waals surface area contributed by atoms with E-state index in [0.29, 0.717) is 6.04 Å². The van der Waals surface area contributed by atoms with E-state index in [4.69, 9.17) is 4.74 Å². The summed E-state index contributed by atoms with van der Waals surface area (Å²) >= 11 is 0. The topological polar surface area (TPSA) is 28.6 Å². The van der Waals surface area contributed by atoms with Gasteiger partial charge >= 0.3 is 0 Å². The molecule has 1 fully saturated rings. The molecule has 0 N–H and O–H groups in total. The first kappa shape index (κ1) is 13.7. The molecular formula is C17H21N3O. The fraction of sp³-hybridized carbons (Fsp3) is 0.353. The smallest absolute Gasteiger partial charge is 0.142 e. The highest BCUT2D eigenvalue weighted by Gasteiger charge is 2.25. The minimum absolute atomic E-state index is 0.450. The summed E-state index contributed by atoms with van der Waals surface area (Å²) < 4.78 is 5.48. The number of methoxy groups -OCH3 is 1. The van der Waals surface area contributed by atoms with Gasteiger partial charge in [-0.05, 0) is 31.2 Å². The van der Waals surface area contributed by atoms with Crippen molar-refractivity contribution in [1.29, 1.82) is 0 Å². The Hall–Kier alpha value is -2.23. The Balaban J connectivity index is 1.77. The van der Waals surface area contributed by atoms with E-state index in [-0.39, 0.29) is 0 Å². The number of anilines is 2. The predicted octanol–water partition coefficient (Wildman–Crippen LogP) is 2.81. The average Bonchev–Trinajstić information content (AvgIpc) is 2.55. The highest BCUT2D eigenvalue weighted by Crippen LogP contribution is 2.30. The zero-order valence-corrected chi connectivity index (χ0v) is 12.6. The first-order valence-corrected chi connectivity index (χ1v) is 7.34. The molecule has 0 radical (unpaired) electrons. The number of hydrogen-bond donors (Lipinski definition) is 0. The van der Waals surface area contributed by atoms with E-state index >= 15 is 0 Å². The molecule has 1 aliphatic heterocycles. The van der Waals surface area contributed by atoms with Gasteiger partial charge in [0.15, 0.2) is 0 Å². The van der Waals surface area contributed by atoms with Crippen LogP contribution in [0, 0.1) is 0 Å². The second kappa shape index (κ2) is 6.04. The van der Waals surface area contributed by atoms with Crippen LogP contribution in [-0.2, 0) is 0 Å². The van der Waals surface area contributed by atoms with Crippen LogP contribution in [0.3, 0.4) is 0 Å². The Morgan fingerprint density at radius 1 is 1.10 bits per heavy atom. The van der Waals surface area contributed by atoms with Gasteiger partial charge in [-0.3, -0.25) is 4.98 Å². The lowest BCUT2D eigenvalue weighted by Gasteiger charge is -2.42. The molecule has 4 nitrogen and oxygen atoms in total. The van der Waals surface area contributed by atoms with E-state index in [1.54, 1.807) is 7.11 Å². The van der Waals surface area contributed by atoms with Crippen molar-refractivity contribution >= 4 is 11.4 Å². The monoisotopic (exact) mass is 283 g/mol. The number of piperazine rings is 1. The molecule has 1 saturated heterocycles. The molecule has 0 saturated carbocycles. The van der Waals surface area contributed by atoms with Gasteiger partial charge in [-0.2, -0.15) is 0 Å². The van der Waals surface area contributed by atoms with Crippen LogP contribution in [0.1, 0.15) is 6.92 Å². The molecule has 1 aliphatic rings. The maximum Gasteiger partial charge on any atom is 0.142 e. The third kappa shape index (κ3) is 2.79. The first-order chi connectivity index (χ1) is 10.3. The molecule has 2 aromatic rings. The molecule has 0 bridgehead atoms. The molecule has 1 aromatic carbocycles. The highest BCUT2D eigenvalue weighted by atomic mass is 16.5. The predicted molar refractivity (Wildman–Crippen MR) is 86.3 cm³/mol. The fourth-order valence-corrected chi connectivity index (χ4v) is 2.99. The van der Waals surface area contributed by atoms with Crippen LogP contribution in [0.25, 0.3) is 0 Å². The van der Waals surface area contributed by atoms with Gasteiger partial charge in [0.2, 0.25) is 0 Å². The number of pyridine rings is 1. The Kier molecular flexibility index (Phi) is 3.95. The van der Waals surface area contributed by atoms with E-state index in [1.807, 2.05) is 24.5 Å². The third-order valence-corrected chi connectivity index (χ3v) is 4.05. The van der Waals surface area contributed by atoms with Crippen molar-refractivity contribution in [2.24, 2.45) is 0 Å². The minimum Gasteiger partial charge on any atom is -0.495 e. The number of benzene rings is 1. The van der Waals surface area contributed by atoms with Crippen LogP contribution in [0.4, 0.5) is 11.4 Å². The summed E-state index contributed by atoms with van der Waals surface area (Å²) in [7, 11) is 1.73. The molecule has 4 heteroatoms. The summed E-state index contributed by atoms with van der Waals surface area (Å²) in [4.78, 5) is 8.94. The molecule has 0 amide bonds. The quantitative estimate of drug-likeness (QED) is 0.866. The molecule has 1 atom stereocenters. The lowest BCUT2D eigenvalue weighted by Crippen LogP contribution is -2.52. The summed E-state index contributed by atoms with van der Waals surface area (Å²) in [6.45, 7) is 5.25. The largest absolute Gasteiger partial charge is 0.495 e. The van der Waals surface area contributed by atoms with Crippen molar-refractivity contribution in [2.75, 3.05) is 36.5 Å². The van der Waals surface area contributed by atoms with Crippen LogP contribution in [0.15, 0.2) is 48.8 Å². The Morgan fingerprint density at radius 3 is 2.57 bits per heavy atom. The second-order valence-corrected chi connectivity index (χ2v) is 5.37. The van der Waals surface area contributed by atoms with Crippen molar-refractivity contribution in [1.82, 2.24) is 4.98 Å². The maximum absolute atomic E-state index is 5.48. The first-order valence-electron chi connectivity index (χ1n) is 7.34. The van der Waals surface area contributed by atoms with Crippen LogP contribution < -0.4 is 14.5 Å². The lowest BCUT2D eigenvalue weighted by atomic mass is 10.1. The van der Waals surface area contributed by atoms with E-state index in [1.165, 1.54) is 11.4 Å². The van der Waals surface area contributed by atoms with Crippen molar-refractivity contribution in [2.45, 2.75) is 13.0 Å². The summed E-state index contributed by atoms with van der Waals surface area (Å²) in [5.41, 5.74) is 2.43. The molecule has 0 unspecified atom stereocenters. The molecule has 1 aromatic heterocycles. The summed E-state index contributed by atoms with van der Waals surface area (Å²) in [6, 6.07) is 12.8. The maximum atomic E-state index is 5.48. The average molecular weight is 283 g/mol. The van der Waals surface area contributed by atoms with Gasteiger partial charge < -0.3 is 14.5 Å². The lowest BCUT2D eigenvalue weighted by molar-refractivity contribution is 0.412. The van der Waals surface area contributed by atoms with E-state index in [9.17, 15) is 0 Å². The molecule has 3 rings (SSSR count). The number of rotatable bonds is 3. The Morgan fingerprint density at radius 2 is 1.86 bits per heavy atom. The van der Waals surface area contributed by atoms with E-state index in [0.717, 1.165) is 25.4 Å². The number of nitrogens with zero attached hydrogens (tertiary/aromatic N) is 3. The molecule has 2 heterocycles. The minimum atomic E-state index is 0.450. The van der Waals surface area contributed by atoms with E-state index in [2.05, 4.69) is 46.0 Å². The van der Waals surface area contributed by atoms with Gasteiger partial charge in [0.05, 0.1) is 12.8 Å². The number of para-hydroxylation sites is 2. The summed E-state index contributed by atoms with van der Waals surface area (Å²) in [5.74, 6) is 0.946. The van der Waals surface area contributed by atoms with Crippen LogP contribution >= 0.6 is 0 Å². The molecule has 0 aliphatic carbocycles. The zero-order chi connectivity index (χ0) is 14.7. The summed E-state index contributed by atoms with van der Waals surface area (Å²) in [6.07, 6.45) is 3.71. The molecule has 0 spiro atoms. The van der Waals surface area contributed by atoms with Crippen LogP contribution in [-0.4, -0.2) is 37.8 Å². The Bertz CT molecular complexity index is 588. The van der Waals surface area contributed by atoms with Gasteiger partial charge in [-0.1, -0.05) is 12.1 Å². The molecule has 110 valence electrons.